The van der Waals surface area contributed by atoms with Crippen molar-refractivity contribution in [2.75, 3.05) is 18.5 Å². The fourth-order valence-electron chi connectivity index (χ4n) is 2.99. The Hall–Kier alpha value is -3.24. The molecule has 2 heterocycles. The van der Waals surface area contributed by atoms with Crippen LogP contribution in [0.15, 0.2) is 34.9 Å². The lowest BCUT2D eigenvalue weighted by Gasteiger charge is -2.21. The summed E-state index contributed by atoms with van der Waals surface area (Å²) in [7, 11) is 1.55. The Labute approximate surface area is 164 Å². The molecule has 11 heteroatoms. The van der Waals surface area contributed by atoms with E-state index in [2.05, 4.69) is 15.2 Å². The van der Waals surface area contributed by atoms with Gasteiger partial charge in [0.05, 0.1) is 6.54 Å². The lowest BCUT2D eigenvalue weighted by atomic mass is 10.2. The van der Waals surface area contributed by atoms with Gasteiger partial charge in [0.2, 0.25) is 5.91 Å². The SMILES string of the molecule is Cc1cc(CN(C)C(=O)NC2CCN(c3cccc(OC(F)(F)F)c3)C2=O)no1. The molecular weight excluding hydrogens is 393 g/mol. The van der Waals surface area contributed by atoms with E-state index in [9.17, 15) is 22.8 Å². The third-order valence-corrected chi connectivity index (χ3v) is 4.29. The summed E-state index contributed by atoms with van der Waals surface area (Å²) in [6.07, 6.45) is -4.50. The first-order chi connectivity index (χ1) is 13.6. The van der Waals surface area contributed by atoms with E-state index >= 15 is 0 Å². The molecule has 3 amide bonds. The van der Waals surface area contributed by atoms with E-state index in [1.165, 1.54) is 21.9 Å². The fraction of sp³-hybridized carbons (Fsp3) is 0.389. The van der Waals surface area contributed by atoms with Gasteiger partial charge in [-0.05, 0) is 25.5 Å². The Kier molecular flexibility index (Phi) is 5.66. The predicted octanol–water partition coefficient (Wildman–Crippen LogP) is 2.83. The number of urea groups is 1. The topological polar surface area (TPSA) is 87.9 Å². The molecule has 0 aliphatic carbocycles. The second-order valence-corrected chi connectivity index (χ2v) is 6.61. The number of hydrogen-bond donors (Lipinski definition) is 1. The zero-order valence-electron chi connectivity index (χ0n) is 15.7. The number of alkyl halides is 3. The lowest BCUT2D eigenvalue weighted by molar-refractivity contribution is -0.274. The molecule has 0 bridgehead atoms. The first-order valence-corrected chi connectivity index (χ1v) is 8.73. The number of anilines is 1. The monoisotopic (exact) mass is 412 g/mol. The molecule has 1 aliphatic heterocycles. The molecule has 29 heavy (non-hydrogen) atoms. The number of aryl methyl sites for hydroxylation is 1. The smallest absolute Gasteiger partial charge is 0.406 e. The number of hydrogen-bond acceptors (Lipinski definition) is 5. The van der Waals surface area contributed by atoms with Crippen LogP contribution in [-0.4, -0.2) is 48.0 Å². The summed E-state index contributed by atoms with van der Waals surface area (Å²) in [6.45, 7) is 2.19. The maximum atomic E-state index is 12.6. The standard InChI is InChI=1S/C18H19F3N4O4/c1-11-8-12(23-29-11)10-24(2)17(27)22-15-6-7-25(16(15)26)13-4-3-5-14(9-13)28-18(19,20)21/h3-5,8-9,15H,6-7,10H2,1-2H3,(H,22,27). The van der Waals surface area contributed by atoms with E-state index in [1.54, 1.807) is 20.0 Å². The van der Waals surface area contributed by atoms with Crippen molar-refractivity contribution in [1.29, 1.82) is 0 Å². The number of aromatic nitrogens is 1. The van der Waals surface area contributed by atoms with E-state index in [1.807, 2.05) is 0 Å². The molecule has 1 unspecified atom stereocenters. The van der Waals surface area contributed by atoms with Gasteiger partial charge in [-0.25, -0.2) is 4.79 Å². The van der Waals surface area contributed by atoms with Gasteiger partial charge in [0.15, 0.2) is 0 Å². The van der Waals surface area contributed by atoms with E-state index in [-0.39, 0.29) is 18.8 Å². The van der Waals surface area contributed by atoms with Crippen LogP contribution in [0.1, 0.15) is 17.9 Å². The number of nitrogens with zero attached hydrogens (tertiary/aromatic N) is 3. The molecule has 1 atom stereocenters. The van der Waals surface area contributed by atoms with Gasteiger partial charge >= 0.3 is 12.4 Å². The molecule has 1 N–H and O–H groups in total. The molecule has 1 fully saturated rings. The van der Waals surface area contributed by atoms with E-state index < -0.39 is 30.1 Å². The minimum Gasteiger partial charge on any atom is -0.406 e. The van der Waals surface area contributed by atoms with E-state index in [0.717, 1.165) is 12.1 Å². The Morgan fingerprint density at radius 3 is 2.83 bits per heavy atom. The van der Waals surface area contributed by atoms with Crippen LogP contribution in [0.5, 0.6) is 5.75 Å². The van der Waals surface area contributed by atoms with Crippen LogP contribution in [0, 0.1) is 6.92 Å². The summed E-state index contributed by atoms with van der Waals surface area (Å²) in [5, 5.41) is 6.44. The molecular formula is C18H19F3N4O4. The molecule has 8 nitrogen and oxygen atoms in total. The third kappa shape index (κ3) is 5.18. The van der Waals surface area contributed by atoms with E-state index in [4.69, 9.17) is 4.52 Å². The Bertz CT molecular complexity index is 899. The number of nitrogens with one attached hydrogen (secondary N) is 1. The minimum atomic E-state index is -4.82. The van der Waals surface area contributed by atoms with Crippen LogP contribution < -0.4 is 15.0 Å². The van der Waals surface area contributed by atoms with Crippen molar-refractivity contribution < 1.29 is 32.0 Å². The highest BCUT2D eigenvalue weighted by atomic mass is 19.4. The van der Waals surface area contributed by atoms with Crippen molar-refractivity contribution in [3.8, 4) is 5.75 Å². The van der Waals surface area contributed by atoms with Gasteiger partial charge in [0, 0.05) is 31.4 Å². The van der Waals surface area contributed by atoms with Crippen molar-refractivity contribution in [2.24, 2.45) is 0 Å². The summed E-state index contributed by atoms with van der Waals surface area (Å²) in [4.78, 5) is 27.6. The number of ether oxygens (including phenoxy) is 1. The predicted molar refractivity (Wildman–Crippen MR) is 95.1 cm³/mol. The maximum absolute atomic E-state index is 12.6. The molecule has 0 radical (unpaired) electrons. The number of benzene rings is 1. The summed E-state index contributed by atoms with van der Waals surface area (Å²) in [5.74, 6) is -0.210. The van der Waals surface area contributed by atoms with Gasteiger partial charge in [-0.3, -0.25) is 4.79 Å². The highest BCUT2D eigenvalue weighted by Gasteiger charge is 2.35. The van der Waals surface area contributed by atoms with Crippen molar-refractivity contribution in [2.45, 2.75) is 32.3 Å². The molecule has 0 saturated carbocycles. The minimum absolute atomic E-state index is 0.199. The van der Waals surface area contributed by atoms with Gasteiger partial charge < -0.3 is 24.4 Å². The third-order valence-electron chi connectivity index (χ3n) is 4.29. The number of halogens is 3. The van der Waals surface area contributed by atoms with Crippen LogP contribution >= 0.6 is 0 Å². The molecule has 2 aromatic rings. The van der Waals surface area contributed by atoms with Crippen LogP contribution in [0.2, 0.25) is 0 Å². The molecule has 1 aliphatic rings. The quantitative estimate of drug-likeness (QED) is 0.816. The second kappa shape index (κ2) is 8.02. The van der Waals surface area contributed by atoms with Gasteiger partial charge in [-0.15, -0.1) is 13.2 Å². The summed E-state index contributed by atoms with van der Waals surface area (Å²) in [5.41, 5.74) is 0.834. The molecule has 1 aromatic heterocycles. The van der Waals surface area contributed by atoms with Crippen LogP contribution in [-0.2, 0) is 11.3 Å². The lowest BCUT2D eigenvalue weighted by Crippen LogP contribution is -2.46. The normalized spacial score (nSPS) is 16.8. The largest absolute Gasteiger partial charge is 0.573 e. The first-order valence-electron chi connectivity index (χ1n) is 8.73. The number of rotatable bonds is 5. The van der Waals surface area contributed by atoms with Gasteiger partial charge in [0.1, 0.15) is 23.2 Å². The average molecular weight is 412 g/mol. The Morgan fingerprint density at radius 1 is 1.41 bits per heavy atom. The molecule has 3 rings (SSSR count). The second-order valence-electron chi connectivity index (χ2n) is 6.61. The zero-order chi connectivity index (χ0) is 21.2. The van der Waals surface area contributed by atoms with Gasteiger partial charge in [-0.1, -0.05) is 11.2 Å². The van der Waals surface area contributed by atoms with Crippen LogP contribution in [0.4, 0.5) is 23.7 Å². The highest BCUT2D eigenvalue weighted by Crippen LogP contribution is 2.29. The molecule has 0 spiro atoms. The van der Waals surface area contributed by atoms with Crippen LogP contribution in [0.3, 0.4) is 0 Å². The number of carbonyl (C=O) groups is 2. The summed E-state index contributed by atoms with van der Waals surface area (Å²) in [6, 6.07) is 5.60. The molecule has 1 saturated heterocycles. The highest BCUT2D eigenvalue weighted by molar-refractivity contribution is 6.01. The first kappa shape index (κ1) is 20.5. The summed E-state index contributed by atoms with van der Waals surface area (Å²) < 4.78 is 46.0. The zero-order valence-corrected chi connectivity index (χ0v) is 15.7. The molecule has 156 valence electrons. The van der Waals surface area contributed by atoms with Crippen molar-refractivity contribution in [3.05, 3.63) is 41.8 Å². The number of carbonyl (C=O) groups excluding carboxylic acids is 2. The Morgan fingerprint density at radius 2 is 2.17 bits per heavy atom. The van der Waals surface area contributed by atoms with E-state index in [0.29, 0.717) is 17.9 Å². The van der Waals surface area contributed by atoms with Gasteiger partial charge in [0.25, 0.3) is 0 Å². The summed E-state index contributed by atoms with van der Waals surface area (Å²) >= 11 is 0. The van der Waals surface area contributed by atoms with Crippen molar-refractivity contribution >= 4 is 17.6 Å². The fourth-order valence-corrected chi connectivity index (χ4v) is 2.99. The number of amides is 3. The Balaban J connectivity index is 1.61. The maximum Gasteiger partial charge on any atom is 0.573 e. The van der Waals surface area contributed by atoms with Gasteiger partial charge in [-0.2, -0.15) is 0 Å². The van der Waals surface area contributed by atoms with Crippen molar-refractivity contribution in [3.63, 3.8) is 0 Å². The van der Waals surface area contributed by atoms with Crippen molar-refractivity contribution in [1.82, 2.24) is 15.4 Å². The van der Waals surface area contributed by atoms with Crippen LogP contribution in [0.25, 0.3) is 0 Å². The average Bonchev–Trinajstić information content (AvgIpc) is 3.19. The molecule has 1 aromatic carbocycles.